The maximum Gasteiger partial charge on any atom is 0.0434 e. The van der Waals surface area contributed by atoms with Crippen molar-refractivity contribution in [3.8, 4) is 0 Å². The summed E-state index contributed by atoms with van der Waals surface area (Å²) in [5.74, 6) is 0. The van der Waals surface area contributed by atoms with Gasteiger partial charge in [-0.2, -0.15) is 0 Å². The Morgan fingerprint density at radius 1 is 1.46 bits per heavy atom. The quantitative estimate of drug-likeness (QED) is 0.781. The van der Waals surface area contributed by atoms with E-state index in [1.165, 1.54) is 10.5 Å². The summed E-state index contributed by atoms with van der Waals surface area (Å²) in [6.45, 7) is 0.236. The highest BCUT2D eigenvalue weighted by molar-refractivity contribution is 7.98. The first-order valence-electron chi connectivity index (χ1n) is 4.21. The summed E-state index contributed by atoms with van der Waals surface area (Å²) in [6, 6.07) is 5.90. The molecule has 0 heterocycles. The first-order valence-corrected chi connectivity index (χ1v) is 5.81. The van der Waals surface area contributed by atoms with E-state index >= 15 is 0 Å². The fourth-order valence-corrected chi connectivity index (χ4v) is 2.03. The average Bonchev–Trinajstić information content (AvgIpc) is 2.15. The van der Waals surface area contributed by atoms with E-state index in [1.54, 1.807) is 11.8 Å². The van der Waals surface area contributed by atoms with Crippen LogP contribution < -0.4 is 0 Å². The minimum absolute atomic E-state index is 0.236. The summed E-state index contributed by atoms with van der Waals surface area (Å²) in [6.07, 6.45) is 3.74. The predicted octanol–water partition coefficient (Wildman–Crippen LogP) is 2.99. The van der Waals surface area contributed by atoms with Gasteiger partial charge >= 0.3 is 0 Å². The normalized spacial score (nSPS) is 10.4. The van der Waals surface area contributed by atoms with Crippen molar-refractivity contribution in [2.24, 2.45) is 0 Å². The Morgan fingerprint density at radius 3 is 2.85 bits per heavy atom. The van der Waals surface area contributed by atoms with Crippen molar-refractivity contribution in [1.29, 1.82) is 0 Å². The number of rotatable bonds is 4. The van der Waals surface area contributed by atoms with Crippen molar-refractivity contribution in [3.05, 3.63) is 28.8 Å². The third kappa shape index (κ3) is 3.22. The van der Waals surface area contributed by atoms with E-state index in [2.05, 4.69) is 0 Å². The van der Waals surface area contributed by atoms with Gasteiger partial charge < -0.3 is 5.11 Å². The predicted molar refractivity (Wildman–Crippen MR) is 58.6 cm³/mol. The Labute approximate surface area is 88.1 Å². The van der Waals surface area contributed by atoms with Gasteiger partial charge in [-0.3, -0.25) is 0 Å². The molecule has 0 aliphatic carbocycles. The minimum Gasteiger partial charge on any atom is -0.396 e. The van der Waals surface area contributed by atoms with Crippen LogP contribution in [0.2, 0.25) is 5.02 Å². The number of aliphatic hydroxyl groups excluding tert-OH is 1. The molecular formula is C10H13ClOS. The van der Waals surface area contributed by atoms with E-state index in [9.17, 15) is 0 Å². The lowest BCUT2D eigenvalue weighted by molar-refractivity contribution is 0.288. The lowest BCUT2D eigenvalue weighted by Gasteiger charge is -2.06. The van der Waals surface area contributed by atoms with Gasteiger partial charge in [0, 0.05) is 16.5 Å². The van der Waals surface area contributed by atoms with Gasteiger partial charge in [0.25, 0.3) is 0 Å². The van der Waals surface area contributed by atoms with Crippen molar-refractivity contribution in [1.82, 2.24) is 0 Å². The number of thioether (sulfide) groups is 1. The maximum absolute atomic E-state index is 8.72. The molecule has 1 aromatic carbocycles. The third-order valence-corrected chi connectivity index (χ3v) is 2.92. The van der Waals surface area contributed by atoms with E-state index < -0.39 is 0 Å². The zero-order chi connectivity index (χ0) is 9.68. The fraction of sp³-hybridized carbons (Fsp3) is 0.400. The van der Waals surface area contributed by atoms with Gasteiger partial charge in [0.2, 0.25) is 0 Å². The summed E-state index contributed by atoms with van der Waals surface area (Å²) in [7, 11) is 0. The number of halogens is 1. The molecule has 1 rings (SSSR count). The van der Waals surface area contributed by atoms with Crippen LogP contribution in [0.4, 0.5) is 0 Å². The molecule has 0 amide bonds. The van der Waals surface area contributed by atoms with Crippen molar-refractivity contribution < 1.29 is 5.11 Å². The molecule has 0 fully saturated rings. The van der Waals surface area contributed by atoms with Gasteiger partial charge in [-0.25, -0.2) is 0 Å². The molecular weight excluding hydrogens is 204 g/mol. The Morgan fingerprint density at radius 2 is 2.23 bits per heavy atom. The molecule has 0 radical (unpaired) electrons. The highest BCUT2D eigenvalue weighted by Gasteiger charge is 2.01. The van der Waals surface area contributed by atoms with Crippen LogP contribution >= 0.6 is 23.4 Å². The molecule has 0 atom stereocenters. The van der Waals surface area contributed by atoms with Crippen LogP contribution in [0, 0.1) is 0 Å². The molecule has 72 valence electrons. The summed E-state index contributed by atoms with van der Waals surface area (Å²) in [5.41, 5.74) is 1.23. The molecule has 0 aliphatic rings. The molecule has 3 heteroatoms. The van der Waals surface area contributed by atoms with E-state index in [4.69, 9.17) is 16.7 Å². The number of aryl methyl sites for hydroxylation is 1. The van der Waals surface area contributed by atoms with Crippen LogP contribution in [0.15, 0.2) is 23.1 Å². The van der Waals surface area contributed by atoms with Crippen LogP contribution in [0.1, 0.15) is 12.0 Å². The highest BCUT2D eigenvalue weighted by Crippen LogP contribution is 2.24. The second-order valence-corrected chi connectivity index (χ2v) is 4.07. The lowest BCUT2D eigenvalue weighted by atomic mass is 10.1. The minimum atomic E-state index is 0.236. The summed E-state index contributed by atoms with van der Waals surface area (Å²) in [4.78, 5) is 1.25. The van der Waals surface area contributed by atoms with Crippen molar-refractivity contribution >= 4 is 23.4 Å². The van der Waals surface area contributed by atoms with E-state index in [0.717, 1.165) is 17.9 Å². The smallest absolute Gasteiger partial charge is 0.0434 e. The number of benzene rings is 1. The number of hydrogen-bond donors (Lipinski definition) is 1. The lowest BCUT2D eigenvalue weighted by Crippen LogP contribution is -1.91. The maximum atomic E-state index is 8.72. The molecule has 0 aromatic heterocycles. The zero-order valence-electron chi connectivity index (χ0n) is 7.59. The summed E-state index contributed by atoms with van der Waals surface area (Å²) >= 11 is 7.60. The molecule has 1 nitrogen and oxygen atoms in total. The number of hydrogen-bond acceptors (Lipinski definition) is 2. The van der Waals surface area contributed by atoms with Gasteiger partial charge in [-0.05, 0) is 42.9 Å². The molecule has 1 aromatic rings. The molecule has 0 saturated carbocycles. The van der Waals surface area contributed by atoms with Crippen LogP contribution in [0.3, 0.4) is 0 Å². The average molecular weight is 217 g/mol. The van der Waals surface area contributed by atoms with Crippen LogP contribution in [0.25, 0.3) is 0 Å². The van der Waals surface area contributed by atoms with Gasteiger partial charge in [0.15, 0.2) is 0 Å². The third-order valence-electron chi connectivity index (χ3n) is 1.85. The van der Waals surface area contributed by atoms with E-state index in [1.807, 2.05) is 24.5 Å². The van der Waals surface area contributed by atoms with Crippen molar-refractivity contribution in [2.75, 3.05) is 12.9 Å². The van der Waals surface area contributed by atoms with Gasteiger partial charge in [-0.15, -0.1) is 11.8 Å². The van der Waals surface area contributed by atoms with Crippen LogP contribution in [-0.4, -0.2) is 18.0 Å². The monoisotopic (exact) mass is 216 g/mol. The Kier molecular flexibility index (Phi) is 4.64. The van der Waals surface area contributed by atoms with E-state index in [0.29, 0.717) is 0 Å². The molecule has 0 aliphatic heterocycles. The summed E-state index contributed by atoms with van der Waals surface area (Å²) < 4.78 is 0. The Hall–Kier alpha value is -0.180. The standard InChI is InChI=1S/C10H13ClOS/c1-13-10-5-4-9(11)7-8(10)3-2-6-12/h4-5,7,12H,2-3,6H2,1H3. The second kappa shape index (κ2) is 5.53. The zero-order valence-corrected chi connectivity index (χ0v) is 9.16. The fourth-order valence-electron chi connectivity index (χ4n) is 1.21. The number of aliphatic hydroxyl groups is 1. The van der Waals surface area contributed by atoms with Crippen LogP contribution in [-0.2, 0) is 6.42 Å². The van der Waals surface area contributed by atoms with Gasteiger partial charge in [0.05, 0.1) is 0 Å². The largest absolute Gasteiger partial charge is 0.396 e. The van der Waals surface area contributed by atoms with Crippen molar-refractivity contribution in [2.45, 2.75) is 17.7 Å². The molecule has 13 heavy (non-hydrogen) atoms. The first-order chi connectivity index (χ1) is 6.27. The summed E-state index contributed by atoms with van der Waals surface area (Å²) in [5, 5.41) is 9.49. The second-order valence-electron chi connectivity index (χ2n) is 2.78. The molecule has 0 spiro atoms. The highest BCUT2D eigenvalue weighted by atomic mass is 35.5. The first kappa shape index (κ1) is 10.9. The van der Waals surface area contributed by atoms with Gasteiger partial charge in [0.1, 0.15) is 0 Å². The Bertz CT molecular complexity index is 276. The molecule has 0 unspecified atom stereocenters. The topological polar surface area (TPSA) is 20.2 Å². The molecule has 1 N–H and O–H groups in total. The van der Waals surface area contributed by atoms with Crippen LogP contribution in [0.5, 0.6) is 0 Å². The van der Waals surface area contributed by atoms with E-state index in [-0.39, 0.29) is 6.61 Å². The Balaban J connectivity index is 2.81. The van der Waals surface area contributed by atoms with Gasteiger partial charge in [-0.1, -0.05) is 11.6 Å². The van der Waals surface area contributed by atoms with Crippen molar-refractivity contribution in [3.63, 3.8) is 0 Å². The molecule has 0 saturated heterocycles. The SMILES string of the molecule is CSc1ccc(Cl)cc1CCCO. The molecule has 0 bridgehead atoms.